The summed E-state index contributed by atoms with van der Waals surface area (Å²) in [7, 11) is 0. The van der Waals surface area contributed by atoms with Gasteiger partial charge in [0.2, 0.25) is 11.8 Å². The minimum Gasteiger partial charge on any atom is -0.436 e. The Morgan fingerprint density at radius 1 is 1.23 bits per heavy atom. The van der Waals surface area contributed by atoms with Crippen molar-refractivity contribution in [1.82, 2.24) is 10.3 Å². The fraction of sp³-hybridized carbons (Fsp3) is 0.250. The van der Waals surface area contributed by atoms with Crippen LogP contribution < -0.4 is 10.6 Å². The van der Waals surface area contributed by atoms with Crippen LogP contribution in [0.4, 0.5) is 5.69 Å². The van der Waals surface area contributed by atoms with Crippen LogP contribution in [-0.2, 0) is 11.2 Å². The van der Waals surface area contributed by atoms with Crippen LogP contribution in [0.3, 0.4) is 0 Å². The van der Waals surface area contributed by atoms with Crippen LogP contribution in [0.1, 0.15) is 26.3 Å². The van der Waals surface area contributed by atoms with E-state index in [-0.39, 0.29) is 16.9 Å². The Kier molecular flexibility index (Phi) is 5.32. The molecule has 0 unspecified atom stereocenters. The normalized spacial score (nSPS) is 10.9. The molecular formula is C20H21N3O2S. The molecule has 0 atom stereocenters. The first kappa shape index (κ1) is 18.1. The van der Waals surface area contributed by atoms with Crippen molar-refractivity contribution in [1.29, 1.82) is 0 Å². The lowest BCUT2D eigenvalue weighted by atomic mass is 10.1. The van der Waals surface area contributed by atoms with Crippen molar-refractivity contribution in [2.75, 3.05) is 5.32 Å². The van der Waals surface area contributed by atoms with Crippen LogP contribution in [0.25, 0.3) is 22.6 Å². The van der Waals surface area contributed by atoms with E-state index < -0.39 is 0 Å². The molecule has 0 fully saturated rings. The minimum absolute atomic E-state index is 0.121. The zero-order valence-corrected chi connectivity index (χ0v) is 15.8. The highest BCUT2D eigenvalue weighted by Crippen LogP contribution is 2.26. The number of carbonyl (C=O) groups is 1. The number of oxazole rings is 1. The lowest BCUT2D eigenvalue weighted by Crippen LogP contribution is -2.36. The number of carbonyl (C=O) groups excluding carboxylic acids is 1. The number of amides is 1. The van der Waals surface area contributed by atoms with Crippen molar-refractivity contribution in [2.45, 2.75) is 27.2 Å². The summed E-state index contributed by atoms with van der Waals surface area (Å²) in [5, 5.41) is 5.95. The molecule has 0 bridgehead atoms. The van der Waals surface area contributed by atoms with Gasteiger partial charge in [-0.3, -0.25) is 4.79 Å². The first-order valence-corrected chi connectivity index (χ1v) is 8.99. The summed E-state index contributed by atoms with van der Waals surface area (Å²) in [5.41, 5.74) is 4.42. The van der Waals surface area contributed by atoms with Crippen molar-refractivity contribution in [3.63, 3.8) is 0 Å². The van der Waals surface area contributed by atoms with E-state index >= 15 is 0 Å². The van der Waals surface area contributed by atoms with E-state index in [0.29, 0.717) is 5.89 Å². The van der Waals surface area contributed by atoms with E-state index in [1.165, 1.54) is 5.56 Å². The molecular weight excluding hydrogens is 346 g/mol. The monoisotopic (exact) mass is 367 g/mol. The van der Waals surface area contributed by atoms with Gasteiger partial charge in [0, 0.05) is 17.2 Å². The van der Waals surface area contributed by atoms with Gasteiger partial charge >= 0.3 is 0 Å². The number of nitrogens with zero attached hydrogens (tertiary/aromatic N) is 1. The second-order valence-corrected chi connectivity index (χ2v) is 6.76. The van der Waals surface area contributed by atoms with E-state index in [2.05, 4.69) is 22.5 Å². The average Bonchev–Trinajstić information content (AvgIpc) is 3.04. The number of aromatic nitrogens is 1. The Bertz CT molecular complexity index is 963. The molecule has 26 heavy (non-hydrogen) atoms. The molecule has 1 aromatic heterocycles. The minimum atomic E-state index is -0.131. The van der Waals surface area contributed by atoms with E-state index in [4.69, 9.17) is 16.6 Å². The largest absolute Gasteiger partial charge is 0.436 e. The Hall–Kier alpha value is -2.73. The van der Waals surface area contributed by atoms with Gasteiger partial charge in [-0.2, -0.15) is 0 Å². The summed E-state index contributed by atoms with van der Waals surface area (Å²) in [6.45, 7) is 5.74. The summed E-state index contributed by atoms with van der Waals surface area (Å²) >= 11 is 5.19. The maximum absolute atomic E-state index is 11.7. The van der Waals surface area contributed by atoms with Crippen molar-refractivity contribution in [3.8, 4) is 11.5 Å². The standard InChI is InChI=1S/C20H21N3O2S/c1-4-13-8-9-17-16(10-13)22-19(25-17)14-6-5-7-15(11-14)21-20(26)23-18(24)12(2)3/h5-12H,4H2,1-3H3,(H2,21,23,24,26). The second kappa shape index (κ2) is 7.66. The SMILES string of the molecule is CCc1ccc2oc(-c3cccc(NC(=S)NC(=O)C(C)C)c3)nc2c1. The van der Waals surface area contributed by atoms with E-state index in [9.17, 15) is 4.79 Å². The van der Waals surface area contributed by atoms with Gasteiger partial charge in [0.1, 0.15) is 5.52 Å². The number of fused-ring (bicyclic) bond motifs is 1. The Labute approximate surface area is 157 Å². The van der Waals surface area contributed by atoms with Crippen LogP contribution >= 0.6 is 12.2 Å². The molecule has 0 aliphatic rings. The molecule has 6 heteroatoms. The third kappa shape index (κ3) is 4.08. The van der Waals surface area contributed by atoms with Gasteiger partial charge in [0.15, 0.2) is 10.7 Å². The molecule has 1 heterocycles. The van der Waals surface area contributed by atoms with Gasteiger partial charge in [0.25, 0.3) is 0 Å². The molecule has 2 aromatic carbocycles. The molecule has 3 rings (SSSR count). The number of thiocarbonyl (C=S) groups is 1. The highest BCUT2D eigenvalue weighted by molar-refractivity contribution is 7.80. The van der Waals surface area contributed by atoms with Crippen molar-refractivity contribution in [3.05, 3.63) is 48.0 Å². The molecule has 1 amide bonds. The molecule has 3 aromatic rings. The Morgan fingerprint density at radius 2 is 2.04 bits per heavy atom. The summed E-state index contributed by atoms with van der Waals surface area (Å²) in [4.78, 5) is 16.3. The third-order valence-corrected chi connectivity index (χ3v) is 4.19. The van der Waals surface area contributed by atoms with E-state index in [1.54, 1.807) is 0 Å². The van der Waals surface area contributed by atoms with E-state index in [0.717, 1.165) is 28.8 Å². The Morgan fingerprint density at radius 3 is 2.77 bits per heavy atom. The third-order valence-electron chi connectivity index (χ3n) is 3.99. The van der Waals surface area contributed by atoms with E-state index in [1.807, 2.05) is 56.3 Å². The molecule has 0 aliphatic carbocycles. The van der Waals surface area contributed by atoms with Crippen LogP contribution in [-0.4, -0.2) is 16.0 Å². The number of rotatable bonds is 4. The Balaban J connectivity index is 1.81. The fourth-order valence-electron chi connectivity index (χ4n) is 2.46. The highest BCUT2D eigenvalue weighted by Gasteiger charge is 2.11. The maximum Gasteiger partial charge on any atom is 0.228 e. The second-order valence-electron chi connectivity index (χ2n) is 6.35. The van der Waals surface area contributed by atoms with Crippen LogP contribution in [0.15, 0.2) is 46.9 Å². The zero-order valence-electron chi connectivity index (χ0n) is 15.0. The zero-order chi connectivity index (χ0) is 18.7. The quantitative estimate of drug-likeness (QED) is 0.663. The molecule has 0 saturated heterocycles. The number of hydrogen-bond donors (Lipinski definition) is 2. The van der Waals surface area contributed by atoms with Gasteiger partial charge in [-0.1, -0.05) is 32.9 Å². The van der Waals surface area contributed by atoms with Gasteiger partial charge < -0.3 is 15.1 Å². The predicted octanol–water partition coefficient (Wildman–Crippen LogP) is 4.53. The molecule has 134 valence electrons. The topological polar surface area (TPSA) is 67.2 Å². The van der Waals surface area contributed by atoms with Crippen LogP contribution in [0.5, 0.6) is 0 Å². The fourth-order valence-corrected chi connectivity index (χ4v) is 2.68. The first-order valence-electron chi connectivity index (χ1n) is 8.58. The lowest BCUT2D eigenvalue weighted by Gasteiger charge is -2.11. The summed E-state index contributed by atoms with van der Waals surface area (Å²) in [6.07, 6.45) is 0.955. The first-order chi connectivity index (χ1) is 12.5. The van der Waals surface area contributed by atoms with Gasteiger partial charge in [-0.15, -0.1) is 0 Å². The molecule has 0 radical (unpaired) electrons. The molecule has 0 aliphatic heterocycles. The predicted molar refractivity (Wildman–Crippen MR) is 108 cm³/mol. The molecule has 0 spiro atoms. The number of aryl methyl sites for hydroxylation is 1. The van der Waals surface area contributed by atoms with Crippen molar-refractivity contribution >= 4 is 40.0 Å². The highest BCUT2D eigenvalue weighted by atomic mass is 32.1. The summed E-state index contributed by atoms with van der Waals surface area (Å²) in [5.74, 6) is 0.298. The van der Waals surface area contributed by atoms with Crippen LogP contribution in [0, 0.1) is 5.92 Å². The number of anilines is 1. The van der Waals surface area contributed by atoms with Gasteiger partial charge in [0.05, 0.1) is 0 Å². The molecule has 0 saturated carbocycles. The summed E-state index contributed by atoms with van der Waals surface area (Å²) < 4.78 is 5.87. The van der Waals surface area contributed by atoms with Crippen molar-refractivity contribution < 1.29 is 9.21 Å². The molecule has 2 N–H and O–H groups in total. The van der Waals surface area contributed by atoms with Crippen LogP contribution in [0.2, 0.25) is 0 Å². The number of hydrogen-bond acceptors (Lipinski definition) is 4. The van der Waals surface area contributed by atoms with Gasteiger partial charge in [-0.05, 0) is 54.5 Å². The van der Waals surface area contributed by atoms with Gasteiger partial charge in [-0.25, -0.2) is 4.98 Å². The maximum atomic E-state index is 11.7. The number of benzene rings is 2. The summed E-state index contributed by atoms with van der Waals surface area (Å²) in [6, 6.07) is 13.6. The average molecular weight is 367 g/mol. The van der Waals surface area contributed by atoms with Crippen molar-refractivity contribution in [2.24, 2.45) is 5.92 Å². The molecule has 5 nitrogen and oxygen atoms in total. The lowest BCUT2D eigenvalue weighted by molar-refractivity contribution is -0.122. The number of nitrogens with one attached hydrogen (secondary N) is 2. The smallest absolute Gasteiger partial charge is 0.228 e.